The molecule has 1 heterocycles. The zero-order chi connectivity index (χ0) is 13.8. The standard InChI is InChI=1S/C14H16N2O3/c1-2-11(14(19)10-6-4-3-5-7-10)16-8-12(17)15-13(18)9-16/h3-7,11H,2,8-9H2,1H3,(H,15,17,18). The molecule has 0 spiro atoms. The lowest BCUT2D eigenvalue weighted by molar-refractivity contribution is -0.136. The fourth-order valence-electron chi connectivity index (χ4n) is 2.28. The third-order valence-electron chi connectivity index (χ3n) is 3.16. The summed E-state index contributed by atoms with van der Waals surface area (Å²) in [5, 5.41) is 2.24. The number of amides is 2. The minimum absolute atomic E-state index is 0.0504. The van der Waals surface area contributed by atoms with Crippen molar-refractivity contribution >= 4 is 17.6 Å². The second kappa shape index (κ2) is 5.75. The van der Waals surface area contributed by atoms with Crippen molar-refractivity contribution < 1.29 is 14.4 Å². The molecule has 5 nitrogen and oxygen atoms in total. The van der Waals surface area contributed by atoms with Gasteiger partial charge in [0.1, 0.15) is 0 Å². The molecule has 0 radical (unpaired) electrons. The molecule has 100 valence electrons. The van der Waals surface area contributed by atoms with Gasteiger partial charge in [0.15, 0.2) is 5.78 Å². The SMILES string of the molecule is CCC(C(=O)c1ccccc1)N1CC(=O)NC(=O)C1. The van der Waals surface area contributed by atoms with Gasteiger partial charge in [0.2, 0.25) is 11.8 Å². The largest absolute Gasteiger partial charge is 0.294 e. The van der Waals surface area contributed by atoms with E-state index >= 15 is 0 Å². The van der Waals surface area contributed by atoms with E-state index in [1.165, 1.54) is 0 Å². The van der Waals surface area contributed by atoms with Crippen LogP contribution >= 0.6 is 0 Å². The van der Waals surface area contributed by atoms with Crippen LogP contribution in [0, 0.1) is 0 Å². The van der Waals surface area contributed by atoms with Crippen LogP contribution in [0.3, 0.4) is 0 Å². The van der Waals surface area contributed by atoms with E-state index < -0.39 is 6.04 Å². The Hall–Kier alpha value is -2.01. The summed E-state index contributed by atoms with van der Waals surface area (Å²) in [6.07, 6.45) is 0.564. The highest BCUT2D eigenvalue weighted by molar-refractivity contribution is 6.03. The number of Topliss-reactive ketones (excluding diaryl/α,β-unsaturated/α-hetero) is 1. The van der Waals surface area contributed by atoms with Gasteiger partial charge in [-0.25, -0.2) is 0 Å². The van der Waals surface area contributed by atoms with E-state index in [-0.39, 0.29) is 30.7 Å². The molecule has 19 heavy (non-hydrogen) atoms. The Morgan fingerprint density at radius 1 is 1.21 bits per heavy atom. The summed E-state index contributed by atoms with van der Waals surface area (Å²) in [4.78, 5) is 36.8. The maximum atomic E-state index is 12.4. The van der Waals surface area contributed by atoms with Crippen LogP contribution in [0.4, 0.5) is 0 Å². The van der Waals surface area contributed by atoms with Gasteiger partial charge in [0, 0.05) is 5.56 Å². The summed E-state index contributed by atoms with van der Waals surface area (Å²) < 4.78 is 0. The van der Waals surface area contributed by atoms with Crippen LogP contribution in [0.25, 0.3) is 0 Å². The van der Waals surface area contributed by atoms with Crippen LogP contribution < -0.4 is 5.32 Å². The number of rotatable bonds is 4. The first-order valence-corrected chi connectivity index (χ1v) is 6.27. The Morgan fingerprint density at radius 3 is 2.32 bits per heavy atom. The number of carbonyl (C=O) groups is 3. The third-order valence-corrected chi connectivity index (χ3v) is 3.16. The molecule has 2 amide bonds. The Labute approximate surface area is 111 Å². The van der Waals surface area contributed by atoms with Crippen molar-refractivity contribution in [2.75, 3.05) is 13.1 Å². The number of imide groups is 1. The maximum absolute atomic E-state index is 12.4. The summed E-state index contributed by atoms with van der Waals surface area (Å²) in [6.45, 7) is 2.05. The van der Waals surface area contributed by atoms with Crippen LogP contribution in [0.15, 0.2) is 30.3 Å². The fourth-order valence-corrected chi connectivity index (χ4v) is 2.28. The predicted molar refractivity (Wildman–Crippen MR) is 69.6 cm³/mol. The topological polar surface area (TPSA) is 66.5 Å². The molecule has 0 bridgehead atoms. The smallest absolute Gasteiger partial charge is 0.240 e. The monoisotopic (exact) mass is 260 g/mol. The Morgan fingerprint density at radius 2 is 1.79 bits per heavy atom. The number of hydrogen-bond donors (Lipinski definition) is 1. The molecular weight excluding hydrogens is 244 g/mol. The van der Waals surface area contributed by atoms with E-state index in [1.807, 2.05) is 13.0 Å². The van der Waals surface area contributed by atoms with Crippen LogP contribution in [0.2, 0.25) is 0 Å². The van der Waals surface area contributed by atoms with Crippen LogP contribution in [0.5, 0.6) is 0 Å². The first-order valence-electron chi connectivity index (χ1n) is 6.27. The van der Waals surface area contributed by atoms with Crippen molar-refractivity contribution in [3.63, 3.8) is 0 Å². The first-order chi connectivity index (χ1) is 9.11. The van der Waals surface area contributed by atoms with Gasteiger partial charge in [0.25, 0.3) is 0 Å². The molecule has 1 N–H and O–H groups in total. The lowest BCUT2D eigenvalue weighted by Gasteiger charge is -2.31. The van der Waals surface area contributed by atoms with E-state index in [4.69, 9.17) is 0 Å². The van der Waals surface area contributed by atoms with Crippen LogP contribution in [-0.2, 0) is 9.59 Å². The van der Waals surface area contributed by atoms with Crippen molar-refractivity contribution in [3.05, 3.63) is 35.9 Å². The summed E-state index contributed by atoms with van der Waals surface area (Å²) in [6, 6.07) is 8.50. The molecule has 2 rings (SSSR count). The van der Waals surface area contributed by atoms with Crippen molar-refractivity contribution in [1.29, 1.82) is 0 Å². The minimum Gasteiger partial charge on any atom is -0.294 e. The summed E-state index contributed by atoms with van der Waals surface area (Å²) in [5.41, 5.74) is 0.604. The zero-order valence-electron chi connectivity index (χ0n) is 10.8. The van der Waals surface area contributed by atoms with Crippen molar-refractivity contribution in [1.82, 2.24) is 10.2 Å². The fraction of sp³-hybridized carbons (Fsp3) is 0.357. The quantitative estimate of drug-likeness (QED) is 0.636. The van der Waals surface area contributed by atoms with Gasteiger partial charge in [0.05, 0.1) is 19.1 Å². The van der Waals surface area contributed by atoms with Gasteiger partial charge in [-0.3, -0.25) is 24.6 Å². The normalized spacial score (nSPS) is 17.9. The number of nitrogens with one attached hydrogen (secondary N) is 1. The van der Waals surface area contributed by atoms with E-state index in [2.05, 4.69) is 5.32 Å². The van der Waals surface area contributed by atoms with Gasteiger partial charge in [-0.2, -0.15) is 0 Å². The second-order valence-electron chi connectivity index (χ2n) is 4.53. The molecule has 1 aliphatic rings. The molecule has 1 saturated heterocycles. The van der Waals surface area contributed by atoms with Crippen LogP contribution in [-0.4, -0.2) is 41.6 Å². The van der Waals surface area contributed by atoms with Gasteiger partial charge < -0.3 is 0 Å². The van der Waals surface area contributed by atoms with E-state index in [9.17, 15) is 14.4 Å². The average molecular weight is 260 g/mol. The molecule has 0 aliphatic carbocycles. The summed E-state index contributed by atoms with van der Waals surface area (Å²) in [5.74, 6) is -0.753. The van der Waals surface area contributed by atoms with Gasteiger partial charge in [-0.1, -0.05) is 37.3 Å². The van der Waals surface area contributed by atoms with Crippen molar-refractivity contribution in [2.45, 2.75) is 19.4 Å². The van der Waals surface area contributed by atoms with Gasteiger partial charge in [-0.05, 0) is 6.42 Å². The predicted octanol–water partition coefficient (Wildman–Crippen LogP) is 0.606. The molecule has 1 unspecified atom stereocenters. The Kier molecular flexibility index (Phi) is 4.06. The molecule has 1 aromatic carbocycles. The highest BCUT2D eigenvalue weighted by atomic mass is 16.2. The third kappa shape index (κ3) is 3.06. The number of benzene rings is 1. The van der Waals surface area contributed by atoms with Gasteiger partial charge >= 0.3 is 0 Å². The molecular formula is C14H16N2O3. The molecule has 5 heteroatoms. The van der Waals surface area contributed by atoms with Gasteiger partial charge in [-0.15, -0.1) is 0 Å². The molecule has 0 saturated carbocycles. The molecule has 0 aromatic heterocycles. The molecule has 1 aliphatic heterocycles. The second-order valence-corrected chi connectivity index (χ2v) is 4.53. The first kappa shape index (κ1) is 13.4. The van der Waals surface area contributed by atoms with E-state index in [0.29, 0.717) is 12.0 Å². The Bertz CT molecular complexity index is 483. The number of carbonyl (C=O) groups excluding carboxylic acids is 3. The van der Waals surface area contributed by atoms with E-state index in [0.717, 1.165) is 0 Å². The number of piperazine rings is 1. The minimum atomic E-state index is -0.433. The maximum Gasteiger partial charge on any atom is 0.240 e. The summed E-state index contributed by atoms with van der Waals surface area (Å²) in [7, 11) is 0. The van der Waals surface area contributed by atoms with Crippen molar-refractivity contribution in [3.8, 4) is 0 Å². The lowest BCUT2D eigenvalue weighted by atomic mass is 10.00. The number of ketones is 1. The number of nitrogens with zero attached hydrogens (tertiary/aromatic N) is 1. The molecule has 1 fully saturated rings. The Balaban J connectivity index is 2.18. The average Bonchev–Trinajstić information content (AvgIpc) is 2.39. The lowest BCUT2D eigenvalue weighted by Crippen LogP contribution is -2.56. The molecule has 1 aromatic rings. The zero-order valence-corrected chi connectivity index (χ0v) is 10.8. The van der Waals surface area contributed by atoms with Crippen LogP contribution in [0.1, 0.15) is 23.7 Å². The van der Waals surface area contributed by atoms with Crippen molar-refractivity contribution in [2.24, 2.45) is 0 Å². The summed E-state index contributed by atoms with van der Waals surface area (Å²) >= 11 is 0. The number of hydrogen-bond acceptors (Lipinski definition) is 4. The molecule has 1 atom stereocenters. The highest BCUT2D eigenvalue weighted by Crippen LogP contribution is 2.13. The van der Waals surface area contributed by atoms with E-state index in [1.54, 1.807) is 29.2 Å². The highest BCUT2D eigenvalue weighted by Gasteiger charge is 2.31.